The normalized spacial score (nSPS) is 12.3. The highest BCUT2D eigenvalue weighted by molar-refractivity contribution is 5.85. The van der Waals surface area contributed by atoms with Crippen molar-refractivity contribution in [1.29, 1.82) is 0 Å². The zero-order valence-corrected chi connectivity index (χ0v) is 54.2. The van der Waals surface area contributed by atoms with Crippen LogP contribution in [0.15, 0.2) is 36.4 Å². The summed E-state index contributed by atoms with van der Waals surface area (Å²) in [7, 11) is 0. The van der Waals surface area contributed by atoms with E-state index in [1.165, 1.54) is 19.9 Å². The maximum atomic E-state index is 13.3. The van der Waals surface area contributed by atoms with Crippen molar-refractivity contribution in [2.24, 2.45) is 5.41 Å². The molecule has 87 heavy (non-hydrogen) atoms. The second-order valence-corrected chi connectivity index (χ2v) is 26.0. The standard InChI is InChI=1S/C63H101N7O14.CO2/c1-43(71)38-66-55(77)30-25-46-23-28-51(74)48(37-46)41-70(42-57(79)83-62(9,10)11)35-34-69(39-44(2)72)40-47-36-45(22-27-50(47)73)24-29-54(76)65-32-18-15-16-21-53(75)64-33-19-17-20-52(60(3,4)5)68-59(81)67-49(58(80)84-63(12,13)14)26-31-56(78)82-61(6,7)8;2-1-3/h22-23,27-28,36-37,49,52,73-74H,15-21,24-26,29-35,38-42H2,1-14H3,(H,64,75)(H,65,76)(H,66,77)(H2,67,68,81);/t49-,52-;/m0./s1. The number of benzene rings is 2. The zero-order valence-electron chi connectivity index (χ0n) is 54.2. The second-order valence-electron chi connectivity index (χ2n) is 26.0. The van der Waals surface area contributed by atoms with Crippen molar-refractivity contribution in [2.75, 3.05) is 45.8 Å². The number of phenolic OH excluding ortho intramolecular Hbond substituents is 2. The highest BCUT2D eigenvalue weighted by Gasteiger charge is 2.31. The lowest BCUT2D eigenvalue weighted by atomic mass is 9.84. The van der Waals surface area contributed by atoms with E-state index in [2.05, 4.69) is 26.6 Å². The van der Waals surface area contributed by atoms with Gasteiger partial charge in [0.25, 0.3) is 0 Å². The molecular weight excluding hydrogens is 1120 g/mol. The molecule has 2 aromatic carbocycles. The molecule has 0 saturated carbocycles. The summed E-state index contributed by atoms with van der Waals surface area (Å²) in [5, 5.41) is 36.0. The number of nitrogens with zero attached hydrogens (tertiary/aromatic N) is 2. The van der Waals surface area contributed by atoms with Gasteiger partial charge in [0.15, 0.2) is 0 Å². The monoisotopic (exact) mass is 1220 g/mol. The van der Waals surface area contributed by atoms with Crippen molar-refractivity contribution >= 4 is 59.4 Å². The molecular formula is C64H101N7O16. The Morgan fingerprint density at radius 2 is 0.989 bits per heavy atom. The first-order valence-corrected chi connectivity index (χ1v) is 30.0. The Balaban J connectivity index is 0.0000123. The minimum atomic E-state index is -1.07. The van der Waals surface area contributed by atoms with E-state index < -0.39 is 46.8 Å². The van der Waals surface area contributed by atoms with Crippen LogP contribution in [0, 0.1) is 5.41 Å². The van der Waals surface area contributed by atoms with Gasteiger partial charge in [-0.1, -0.05) is 51.5 Å². The summed E-state index contributed by atoms with van der Waals surface area (Å²) in [5.41, 5.74) is 0.108. The SMILES string of the molecule is CC(=O)CNC(=O)CCc1ccc(O)c(CN(CCN(CC(C)=O)Cc2cc(CCC(=O)NCCCCCC(=O)NCCCC[C@H](NC(=O)N[C@@H](CCC(=O)OC(C)(C)C)C(=O)OC(C)(C)C)C(C)(C)C)ccc2O)CC(=O)OC(C)(C)C)c1.O=C=O. The van der Waals surface area contributed by atoms with Crippen molar-refractivity contribution in [3.8, 4) is 11.5 Å². The van der Waals surface area contributed by atoms with Crippen LogP contribution in [0.2, 0.25) is 0 Å². The third kappa shape index (κ3) is 38.5. The van der Waals surface area contributed by atoms with Gasteiger partial charge < -0.3 is 51.0 Å². The number of hydrogen-bond acceptors (Lipinski definition) is 18. The molecule has 0 spiro atoms. The van der Waals surface area contributed by atoms with Crippen LogP contribution in [0.4, 0.5) is 4.79 Å². The van der Waals surface area contributed by atoms with Crippen LogP contribution in [-0.2, 0) is 88.1 Å². The fourth-order valence-electron chi connectivity index (χ4n) is 8.78. The average Bonchev–Trinajstić information content (AvgIpc) is 2.99. The van der Waals surface area contributed by atoms with Gasteiger partial charge in [-0.15, -0.1) is 0 Å². The second kappa shape index (κ2) is 38.8. The van der Waals surface area contributed by atoms with Crippen molar-refractivity contribution in [3.05, 3.63) is 58.7 Å². The number of amides is 5. The molecule has 0 unspecified atom stereocenters. The molecule has 0 heterocycles. The topological polar surface area (TPSA) is 323 Å². The van der Waals surface area contributed by atoms with E-state index in [4.69, 9.17) is 23.8 Å². The first-order chi connectivity index (χ1) is 40.4. The number of carbonyl (C=O) groups excluding carboxylic acids is 11. The van der Waals surface area contributed by atoms with Crippen molar-refractivity contribution in [3.63, 3.8) is 0 Å². The number of nitrogens with one attached hydrogen (secondary N) is 5. The lowest BCUT2D eigenvalue weighted by Crippen LogP contribution is -2.53. The van der Waals surface area contributed by atoms with Gasteiger partial charge in [0, 0.05) is 82.1 Å². The lowest BCUT2D eigenvalue weighted by molar-refractivity contribution is -0.192. The molecule has 0 aliphatic carbocycles. The lowest BCUT2D eigenvalue weighted by Gasteiger charge is -2.32. The molecule has 0 aliphatic rings. The number of ketones is 2. The summed E-state index contributed by atoms with van der Waals surface area (Å²) < 4.78 is 16.6. The molecule has 7 N–H and O–H groups in total. The molecule has 5 amide bonds. The van der Waals surface area contributed by atoms with Gasteiger partial charge in [-0.2, -0.15) is 9.59 Å². The number of aromatic hydroxyl groups is 2. The smallest absolute Gasteiger partial charge is 0.373 e. The van der Waals surface area contributed by atoms with Crippen molar-refractivity contribution in [1.82, 2.24) is 36.4 Å². The van der Waals surface area contributed by atoms with Gasteiger partial charge in [0.05, 0.1) is 19.6 Å². The minimum absolute atomic E-state index is 0.00216. The van der Waals surface area contributed by atoms with Gasteiger partial charge in [0.2, 0.25) is 17.7 Å². The molecule has 0 fully saturated rings. The number of unbranched alkanes of at least 4 members (excludes halogenated alkanes) is 3. The van der Waals surface area contributed by atoms with Gasteiger partial charge in [0.1, 0.15) is 45.9 Å². The summed E-state index contributed by atoms with van der Waals surface area (Å²) in [4.78, 5) is 133. The minimum Gasteiger partial charge on any atom is -0.508 e. The Morgan fingerprint density at radius 1 is 0.529 bits per heavy atom. The number of hydrogen-bond donors (Lipinski definition) is 7. The molecule has 0 radical (unpaired) electrons. The Labute approximate surface area is 514 Å². The maximum absolute atomic E-state index is 13.3. The highest BCUT2D eigenvalue weighted by Crippen LogP contribution is 2.26. The number of rotatable bonds is 36. The van der Waals surface area contributed by atoms with Crippen LogP contribution in [-0.4, -0.2) is 154 Å². The van der Waals surface area contributed by atoms with E-state index in [0.717, 1.165) is 17.5 Å². The third-order valence-electron chi connectivity index (χ3n) is 12.9. The van der Waals surface area contributed by atoms with Gasteiger partial charge in [-0.25, -0.2) is 9.59 Å². The maximum Gasteiger partial charge on any atom is 0.373 e. The number of phenols is 2. The molecule has 488 valence electrons. The van der Waals surface area contributed by atoms with E-state index in [1.54, 1.807) is 91.5 Å². The summed E-state index contributed by atoms with van der Waals surface area (Å²) in [5.74, 6) is -2.33. The fourth-order valence-corrected chi connectivity index (χ4v) is 8.78. The van der Waals surface area contributed by atoms with E-state index in [9.17, 15) is 53.4 Å². The number of Topliss-reactive ketones (excluding diaryl/α,β-unsaturated/α-hetero) is 2. The van der Waals surface area contributed by atoms with Gasteiger partial charge >= 0.3 is 30.1 Å². The van der Waals surface area contributed by atoms with Crippen LogP contribution in [0.5, 0.6) is 11.5 Å². The number of carbonyl (C=O) groups is 9. The number of urea groups is 1. The number of esters is 3. The van der Waals surface area contributed by atoms with Crippen LogP contribution < -0.4 is 26.6 Å². The summed E-state index contributed by atoms with van der Waals surface area (Å²) in [6.07, 6.45) is 5.73. The van der Waals surface area contributed by atoms with E-state index in [-0.39, 0.29) is 123 Å². The Kier molecular flexibility index (Phi) is 34.7. The zero-order chi connectivity index (χ0) is 66.1. The predicted molar refractivity (Wildman–Crippen MR) is 327 cm³/mol. The van der Waals surface area contributed by atoms with Gasteiger partial charge in [-0.05, 0) is 156 Å². The summed E-state index contributed by atoms with van der Waals surface area (Å²) >= 11 is 0. The highest BCUT2D eigenvalue weighted by atomic mass is 16.6. The average molecular weight is 1220 g/mol. The Bertz CT molecular complexity index is 2590. The first-order valence-electron chi connectivity index (χ1n) is 30.0. The molecule has 23 heteroatoms. The first kappa shape index (κ1) is 77.8. The molecule has 2 atom stereocenters. The third-order valence-corrected chi connectivity index (χ3v) is 12.9. The van der Waals surface area contributed by atoms with E-state index in [0.29, 0.717) is 82.1 Å². The van der Waals surface area contributed by atoms with Crippen molar-refractivity contribution < 1.29 is 77.2 Å². The predicted octanol–water partition coefficient (Wildman–Crippen LogP) is 6.83. The Morgan fingerprint density at radius 3 is 1.46 bits per heavy atom. The molecule has 0 saturated heterocycles. The molecule has 2 rings (SSSR count). The van der Waals surface area contributed by atoms with Gasteiger partial charge in [-0.3, -0.25) is 43.4 Å². The fraction of sp³-hybridized carbons (Fsp3) is 0.656. The van der Waals surface area contributed by atoms with E-state index in [1.807, 2.05) is 31.7 Å². The van der Waals surface area contributed by atoms with Crippen LogP contribution in [0.25, 0.3) is 0 Å². The van der Waals surface area contributed by atoms with Crippen molar-refractivity contribution in [2.45, 2.75) is 222 Å². The largest absolute Gasteiger partial charge is 0.508 e. The summed E-state index contributed by atoms with van der Waals surface area (Å²) in [6, 6.07) is 8.27. The number of ether oxygens (including phenoxy) is 3. The molecule has 23 nitrogen and oxygen atoms in total. The molecule has 0 bridgehead atoms. The van der Waals surface area contributed by atoms with Crippen LogP contribution in [0.1, 0.15) is 190 Å². The Hall–Kier alpha value is -7.23. The number of aryl methyl sites for hydroxylation is 2. The molecule has 0 aliphatic heterocycles. The molecule has 0 aromatic heterocycles. The van der Waals surface area contributed by atoms with E-state index >= 15 is 0 Å². The van der Waals surface area contributed by atoms with Crippen LogP contribution in [0.3, 0.4) is 0 Å². The summed E-state index contributed by atoms with van der Waals surface area (Å²) in [6.45, 7) is 26.3. The van der Waals surface area contributed by atoms with Crippen LogP contribution >= 0.6 is 0 Å². The quantitative estimate of drug-likeness (QED) is 0.0209. The molecule has 2 aromatic rings.